The van der Waals surface area contributed by atoms with E-state index in [0.29, 0.717) is 17.2 Å². The molecule has 1 aromatic heterocycles. The highest BCUT2D eigenvalue weighted by Crippen LogP contribution is 2.27. The monoisotopic (exact) mass is 320 g/mol. The van der Waals surface area contributed by atoms with Gasteiger partial charge in [-0.3, -0.25) is 9.59 Å². The smallest absolute Gasteiger partial charge is 0.325 e. The van der Waals surface area contributed by atoms with Gasteiger partial charge in [-0.2, -0.15) is 0 Å². The Morgan fingerprint density at radius 1 is 1.26 bits per heavy atom. The van der Waals surface area contributed by atoms with Crippen molar-refractivity contribution in [1.82, 2.24) is 20.3 Å². The number of nitrogens with one attached hydrogen (secondary N) is 1. The van der Waals surface area contributed by atoms with E-state index in [1.54, 1.807) is 18.2 Å². The number of aliphatic carboxylic acids is 1. The van der Waals surface area contributed by atoms with Gasteiger partial charge >= 0.3 is 5.97 Å². The average Bonchev–Trinajstić information content (AvgIpc) is 2.98. The second-order valence-electron chi connectivity index (χ2n) is 4.52. The Labute approximate surface area is 131 Å². The summed E-state index contributed by atoms with van der Waals surface area (Å²) in [6, 6.07) is 5.02. The highest BCUT2D eigenvalue weighted by molar-refractivity contribution is 5.99. The van der Waals surface area contributed by atoms with E-state index in [9.17, 15) is 9.59 Å². The number of hydrogen-bond donors (Lipinski definition) is 2. The first kappa shape index (κ1) is 16.3. The molecule has 0 saturated heterocycles. The zero-order valence-corrected chi connectivity index (χ0v) is 12.6. The zero-order chi connectivity index (χ0) is 16.8. The molecule has 9 nitrogen and oxygen atoms in total. The van der Waals surface area contributed by atoms with E-state index in [2.05, 4.69) is 15.6 Å². The van der Waals surface area contributed by atoms with Gasteiger partial charge in [-0.15, -0.1) is 5.10 Å². The Kier molecular flexibility index (Phi) is 5.13. The van der Waals surface area contributed by atoms with E-state index >= 15 is 0 Å². The lowest BCUT2D eigenvalue weighted by Gasteiger charge is -2.12. The van der Waals surface area contributed by atoms with Crippen molar-refractivity contribution in [3.05, 3.63) is 35.7 Å². The van der Waals surface area contributed by atoms with Crippen LogP contribution < -0.4 is 14.8 Å². The molecule has 9 heteroatoms. The minimum absolute atomic E-state index is 0.0969. The predicted octanol–water partition coefficient (Wildman–Crippen LogP) is 0.310. The second kappa shape index (κ2) is 7.25. The van der Waals surface area contributed by atoms with Crippen LogP contribution in [-0.2, 0) is 17.9 Å². The Bertz CT molecular complexity index is 691. The fourth-order valence-corrected chi connectivity index (χ4v) is 1.97. The van der Waals surface area contributed by atoms with E-state index in [1.807, 2.05) is 0 Å². The molecule has 0 saturated carbocycles. The molecule has 0 aliphatic carbocycles. The molecule has 0 spiro atoms. The molecule has 0 aliphatic rings. The largest absolute Gasteiger partial charge is 0.496 e. The summed E-state index contributed by atoms with van der Waals surface area (Å²) in [4.78, 5) is 22.9. The molecule has 122 valence electrons. The topological polar surface area (TPSA) is 116 Å². The number of methoxy groups -OCH3 is 2. The van der Waals surface area contributed by atoms with E-state index < -0.39 is 11.9 Å². The van der Waals surface area contributed by atoms with E-state index in [4.69, 9.17) is 14.6 Å². The highest BCUT2D eigenvalue weighted by Gasteiger charge is 2.18. The van der Waals surface area contributed by atoms with Crippen LogP contribution in [0.2, 0.25) is 0 Å². The Balaban J connectivity index is 2.08. The third-order valence-electron chi connectivity index (χ3n) is 2.97. The summed E-state index contributed by atoms with van der Waals surface area (Å²) in [6.07, 6.45) is 1.45. The molecular weight excluding hydrogens is 304 g/mol. The predicted molar refractivity (Wildman–Crippen MR) is 78.4 cm³/mol. The maximum atomic E-state index is 12.3. The number of carbonyl (C=O) groups excluding carboxylic acids is 1. The van der Waals surface area contributed by atoms with Crippen molar-refractivity contribution in [1.29, 1.82) is 0 Å². The van der Waals surface area contributed by atoms with Crippen LogP contribution in [0, 0.1) is 0 Å². The quantitative estimate of drug-likeness (QED) is 0.754. The Morgan fingerprint density at radius 3 is 2.48 bits per heavy atom. The van der Waals surface area contributed by atoms with E-state index in [-0.39, 0.29) is 18.7 Å². The molecule has 1 amide bonds. The van der Waals surface area contributed by atoms with Crippen LogP contribution in [-0.4, -0.2) is 46.2 Å². The number of rotatable bonds is 7. The van der Waals surface area contributed by atoms with Gasteiger partial charge in [-0.1, -0.05) is 11.3 Å². The summed E-state index contributed by atoms with van der Waals surface area (Å²) in [5.74, 6) is -0.649. The van der Waals surface area contributed by atoms with Crippen LogP contribution in [0.1, 0.15) is 16.1 Å². The van der Waals surface area contributed by atoms with Crippen molar-refractivity contribution < 1.29 is 24.2 Å². The number of nitrogens with zero attached hydrogens (tertiary/aromatic N) is 3. The first-order valence-corrected chi connectivity index (χ1v) is 6.65. The Morgan fingerprint density at radius 2 is 1.91 bits per heavy atom. The van der Waals surface area contributed by atoms with Crippen LogP contribution in [0.5, 0.6) is 11.5 Å². The van der Waals surface area contributed by atoms with Gasteiger partial charge in [0.2, 0.25) is 0 Å². The number of hydrogen-bond acceptors (Lipinski definition) is 6. The standard InChI is InChI=1S/C14H16N4O5/c1-22-10-4-3-5-11(23-2)13(10)14(21)15-6-9-7-18(17-16-9)8-12(19)20/h3-5,7H,6,8H2,1-2H3,(H,15,21)(H,19,20). The maximum absolute atomic E-state index is 12.3. The van der Waals surface area contributed by atoms with E-state index in [1.165, 1.54) is 25.1 Å². The van der Waals surface area contributed by atoms with Crippen LogP contribution in [0.15, 0.2) is 24.4 Å². The molecule has 0 radical (unpaired) electrons. The molecule has 23 heavy (non-hydrogen) atoms. The van der Waals surface area contributed by atoms with Gasteiger partial charge in [0.1, 0.15) is 29.3 Å². The number of carboxylic acid groups (broad SMARTS) is 1. The van der Waals surface area contributed by atoms with Crippen LogP contribution >= 0.6 is 0 Å². The van der Waals surface area contributed by atoms with Crippen LogP contribution in [0.25, 0.3) is 0 Å². The lowest BCUT2D eigenvalue weighted by molar-refractivity contribution is -0.137. The van der Waals surface area contributed by atoms with Crippen molar-refractivity contribution in [2.75, 3.05) is 14.2 Å². The molecule has 0 fully saturated rings. The van der Waals surface area contributed by atoms with Gasteiger partial charge in [-0.25, -0.2) is 4.68 Å². The van der Waals surface area contributed by atoms with Gasteiger partial charge in [-0.05, 0) is 12.1 Å². The molecular formula is C14H16N4O5. The van der Waals surface area contributed by atoms with Crippen molar-refractivity contribution in [2.24, 2.45) is 0 Å². The fraction of sp³-hybridized carbons (Fsp3) is 0.286. The van der Waals surface area contributed by atoms with Crippen LogP contribution in [0.4, 0.5) is 0 Å². The number of amides is 1. The minimum Gasteiger partial charge on any atom is -0.496 e. The molecule has 1 aromatic carbocycles. The van der Waals surface area contributed by atoms with Gasteiger partial charge < -0.3 is 19.9 Å². The average molecular weight is 320 g/mol. The van der Waals surface area contributed by atoms with Crippen molar-refractivity contribution >= 4 is 11.9 Å². The van der Waals surface area contributed by atoms with Gasteiger partial charge in [0, 0.05) is 0 Å². The third kappa shape index (κ3) is 3.96. The van der Waals surface area contributed by atoms with Crippen molar-refractivity contribution in [2.45, 2.75) is 13.1 Å². The molecule has 1 heterocycles. The van der Waals surface area contributed by atoms with E-state index in [0.717, 1.165) is 0 Å². The number of carboxylic acids is 1. The Hall–Kier alpha value is -3.10. The minimum atomic E-state index is -1.02. The fourth-order valence-electron chi connectivity index (χ4n) is 1.97. The maximum Gasteiger partial charge on any atom is 0.325 e. The third-order valence-corrected chi connectivity index (χ3v) is 2.97. The zero-order valence-electron chi connectivity index (χ0n) is 12.6. The van der Waals surface area contributed by atoms with Gasteiger partial charge in [0.15, 0.2) is 0 Å². The summed E-state index contributed by atoms with van der Waals surface area (Å²) in [5, 5.41) is 18.8. The van der Waals surface area contributed by atoms with Crippen LogP contribution in [0.3, 0.4) is 0 Å². The number of ether oxygens (including phenoxy) is 2. The molecule has 0 unspecified atom stereocenters. The SMILES string of the molecule is COc1cccc(OC)c1C(=O)NCc1cn(CC(=O)O)nn1. The summed E-state index contributed by atoms with van der Waals surface area (Å²) >= 11 is 0. The molecule has 2 rings (SSSR count). The summed E-state index contributed by atoms with van der Waals surface area (Å²) in [6.45, 7) is -0.194. The molecule has 0 atom stereocenters. The van der Waals surface area contributed by atoms with Crippen molar-refractivity contribution in [3.63, 3.8) is 0 Å². The molecule has 2 aromatic rings. The number of carbonyl (C=O) groups is 2. The molecule has 0 aliphatic heterocycles. The van der Waals surface area contributed by atoms with Gasteiger partial charge in [0.25, 0.3) is 5.91 Å². The lowest BCUT2D eigenvalue weighted by Crippen LogP contribution is -2.24. The number of aromatic nitrogens is 3. The second-order valence-corrected chi connectivity index (χ2v) is 4.52. The highest BCUT2D eigenvalue weighted by atomic mass is 16.5. The summed E-state index contributed by atoms with van der Waals surface area (Å²) in [5.41, 5.74) is 0.712. The molecule has 0 bridgehead atoms. The summed E-state index contributed by atoms with van der Waals surface area (Å²) in [7, 11) is 2.92. The van der Waals surface area contributed by atoms with Gasteiger partial charge in [0.05, 0.1) is 27.0 Å². The number of benzene rings is 1. The first-order chi connectivity index (χ1) is 11.0. The molecule has 2 N–H and O–H groups in total. The first-order valence-electron chi connectivity index (χ1n) is 6.65. The lowest BCUT2D eigenvalue weighted by atomic mass is 10.1. The van der Waals surface area contributed by atoms with Crippen molar-refractivity contribution in [3.8, 4) is 11.5 Å². The normalized spacial score (nSPS) is 10.2. The summed E-state index contributed by atoms with van der Waals surface area (Å²) < 4.78 is 11.5.